The fourth-order valence-corrected chi connectivity index (χ4v) is 3.11. The van der Waals surface area contributed by atoms with Gasteiger partial charge in [0.05, 0.1) is 0 Å². The van der Waals surface area contributed by atoms with E-state index in [1.165, 1.54) is 45.2 Å². The lowest BCUT2D eigenvalue weighted by atomic mass is 10.0. The average Bonchev–Trinajstić information content (AvgIpc) is 2.51. The van der Waals surface area contributed by atoms with Crippen LogP contribution in [-0.4, -0.2) is 30.6 Å². The molecule has 2 heteroatoms. The van der Waals surface area contributed by atoms with Crippen LogP contribution in [0.25, 0.3) is 0 Å². The van der Waals surface area contributed by atoms with Crippen LogP contribution in [0.3, 0.4) is 0 Å². The molecule has 0 aromatic rings. The smallest absolute Gasteiger partial charge is 0.0168 e. The molecule has 0 spiro atoms. The lowest BCUT2D eigenvalue weighted by Gasteiger charge is -2.32. The number of nitrogens with two attached hydrogens (primary N) is 1. The zero-order chi connectivity index (χ0) is 9.97. The van der Waals surface area contributed by atoms with Crippen molar-refractivity contribution in [1.82, 2.24) is 4.90 Å². The standard InChI is InChI=1S/C12H24N2/c1-10-4-5-11(7-10)8-14-6-2-3-12(13)9-14/h10-12H,2-9,13H2,1H3. The summed E-state index contributed by atoms with van der Waals surface area (Å²) in [5.41, 5.74) is 5.99. The predicted molar refractivity (Wildman–Crippen MR) is 60.2 cm³/mol. The maximum atomic E-state index is 5.99. The summed E-state index contributed by atoms with van der Waals surface area (Å²) in [7, 11) is 0. The molecule has 1 saturated carbocycles. The van der Waals surface area contributed by atoms with Crippen LogP contribution in [-0.2, 0) is 0 Å². The van der Waals surface area contributed by atoms with E-state index in [0.717, 1.165) is 18.4 Å². The lowest BCUT2D eigenvalue weighted by molar-refractivity contribution is 0.179. The van der Waals surface area contributed by atoms with Gasteiger partial charge in [-0.3, -0.25) is 0 Å². The maximum absolute atomic E-state index is 5.99. The minimum Gasteiger partial charge on any atom is -0.327 e. The van der Waals surface area contributed by atoms with E-state index in [-0.39, 0.29) is 0 Å². The predicted octanol–water partition coefficient (Wildman–Crippen LogP) is 1.85. The quantitative estimate of drug-likeness (QED) is 0.730. The zero-order valence-electron chi connectivity index (χ0n) is 9.41. The van der Waals surface area contributed by atoms with Crippen LogP contribution in [0, 0.1) is 11.8 Å². The molecule has 1 heterocycles. The van der Waals surface area contributed by atoms with Gasteiger partial charge < -0.3 is 10.6 Å². The topological polar surface area (TPSA) is 29.3 Å². The molecule has 2 N–H and O–H groups in total. The highest BCUT2D eigenvalue weighted by atomic mass is 15.1. The molecule has 0 radical (unpaired) electrons. The second kappa shape index (κ2) is 4.63. The number of hydrogen-bond donors (Lipinski definition) is 1. The molecule has 2 aliphatic rings. The summed E-state index contributed by atoms with van der Waals surface area (Å²) in [6.45, 7) is 6.14. The first-order valence-corrected chi connectivity index (χ1v) is 6.22. The van der Waals surface area contributed by atoms with Crippen molar-refractivity contribution in [3.05, 3.63) is 0 Å². The summed E-state index contributed by atoms with van der Waals surface area (Å²) in [6, 6.07) is 0.447. The molecule has 0 aromatic carbocycles. The largest absolute Gasteiger partial charge is 0.327 e. The molecule has 2 rings (SSSR count). The second-order valence-corrected chi connectivity index (χ2v) is 5.45. The average molecular weight is 196 g/mol. The van der Waals surface area contributed by atoms with E-state index >= 15 is 0 Å². The molecule has 2 fully saturated rings. The molecule has 0 bridgehead atoms. The fraction of sp³-hybridized carbons (Fsp3) is 1.00. The van der Waals surface area contributed by atoms with Crippen molar-refractivity contribution in [2.45, 2.75) is 45.1 Å². The maximum Gasteiger partial charge on any atom is 0.0168 e. The van der Waals surface area contributed by atoms with Gasteiger partial charge in [0, 0.05) is 19.1 Å². The summed E-state index contributed by atoms with van der Waals surface area (Å²) >= 11 is 0. The van der Waals surface area contributed by atoms with Crippen molar-refractivity contribution >= 4 is 0 Å². The van der Waals surface area contributed by atoms with Crippen molar-refractivity contribution < 1.29 is 0 Å². The van der Waals surface area contributed by atoms with Crippen molar-refractivity contribution in [1.29, 1.82) is 0 Å². The number of hydrogen-bond acceptors (Lipinski definition) is 2. The van der Waals surface area contributed by atoms with Gasteiger partial charge >= 0.3 is 0 Å². The molecular weight excluding hydrogens is 172 g/mol. The summed E-state index contributed by atoms with van der Waals surface area (Å²) in [4.78, 5) is 2.59. The highest BCUT2D eigenvalue weighted by Gasteiger charge is 2.25. The Kier molecular flexibility index (Phi) is 3.45. The third-order valence-corrected chi connectivity index (χ3v) is 3.86. The zero-order valence-corrected chi connectivity index (χ0v) is 9.41. The van der Waals surface area contributed by atoms with E-state index in [2.05, 4.69) is 11.8 Å². The third kappa shape index (κ3) is 2.71. The van der Waals surface area contributed by atoms with Gasteiger partial charge in [0.25, 0.3) is 0 Å². The van der Waals surface area contributed by atoms with Crippen LogP contribution < -0.4 is 5.73 Å². The second-order valence-electron chi connectivity index (χ2n) is 5.45. The van der Waals surface area contributed by atoms with Gasteiger partial charge in [-0.15, -0.1) is 0 Å². The molecule has 3 atom stereocenters. The number of piperidine rings is 1. The highest BCUT2D eigenvalue weighted by molar-refractivity contribution is 4.80. The lowest BCUT2D eigenvalue weighted by Crippen LogP contribution is -2.44. The van der Waals surface area contributed by atoms with Crippen LogP contribution in [0.2, 0.25) is 0 Å². The van der Waals surface area contributed by atoms with Crippen LogP contribution >= 0.6 is 0 Å². The van der Waals surface area contributed by atoms with E-state index in [1.54, 1.807) is 0 Å². The molecule has 14 heavy (non-hydrogen) atoms. The van der Waals surface area contributed by atoms with Gasteiger partial charge in [0.2, 0.25) is 0 Å². The third-order valence-electron chi connectivity index (χ3n) is 3.86. The molecule has 0 aromatic heterocycles. The number of likely N-dealkylation sites (tertiary alicyclic amines) is 1. The Morgan fingerprint density at radius 1 is 1.29 bits per heavy atom. The Morgan fingerprint density at radius 3 is 2.79 bits per heavy atom. The summed E-state index contributed by atoms with van der Waals surface area (Å²) in [6.07, 6.45) is 6.89. The van der Waals surface area contributed by atoms with E-state index in [1.807, 2.05) is 0 Å². The first kappa shape index (κ1) is 10.4. The van der Waals surface area contributed by atoms with Gasteiger partial charge in [-0.25, -0.2) is 0 Å². The van der Waals surface area contributed by atoms with Gasteiger partial charge in [-0.1, -0.05) is 13.3 Å². The summed E-state index contributed by atoms with van der Waals surface area (Å²) < 4.78 is 0. The van der Waals surface area contributed by atoms with Crippen LogP contribution in [0.5, 0.6) is 0 Å². The van der Waals surface area contributed by atoms with Crippen LogP contribution in [0.15, 0.2) is 0 Å². The Balaban J connectivity index is 1.74. The van der Waals surface area contributed by atoms with E-state index in [0.29, 0.717) is 6.04 Å². The van der Waals surface area contributed by atoms with Crippen molar-refractivity contribution in [3.8, 4) is 0 Å². The Labute approximate surface area is 87.8 Å². The normalized spacial score (nSPS) is 40.3. The van der Waals surface area contributed by atoms with Gasteiger partial charge in [-0.05, 0) is 44.1 Å². The van der Waals surface area contributed by atoms with E-state index in [4.69, 9.17) is 5.73 Å². The minimum absolute atomic E-state index is 0.447. The van der Waals surface area contributed by atoms with Crippen molar-refractivity contribution in [2.24, 2.45) is 17.6 Å². The Hall–Kier alpha value is -0.0800. The molecule has 1 aliphatic heterocycles. The number of nitrogens with zero attached hydrogens (tertiary/aromatic N) is 1. The van der Waals surface area contributed by atoms with E-state index < -0.39 is 0 Å². The Morgan fingerprint density at radius 2 is 2.14 bits per heavy atom. The highest BCUT2D eigenvalue weighted by Crippen LogP contribution is 2.31. The summed E-state index contributed by atoms with van der Waals surface area (Å²) in [5.74, 6) is 1.94. The van der Waals surface area contributed by atoms with Crippen LogP contribution in [0.1, 0.15) is 39.0 Å². The molecule has 3 unspecified atom stereocenters. The monoisotopic (exact) mass is 196 g/mol. The molecular formula is C12H24N2. The van der Waals surface area contributed by atoms with E-state index in [9.17, 15) is 0 Å². The van der Waals surface area contributed by atoms with Crippen molar-refractivity contribution in [2.75, 3.05) is 19.6 Å². The molecule has 1 saturated heterocycles. The Bertz CT molecular complexity index is 181. The molecule has 2 nitrogen and oxygen atoms in total. The minimum atomic E-state index is 0.447. The molecule has 1 aliphatic carbocycles. The number of rotatable bonds is 2. The van der Waals surface area contributed by atoms with Crippen LogP contribution in [0.4, 0.5) is 0 Å². The SMILES string of the molecule is CC1CCC(CN2CCCC(N)C2)C1. The molecule has 82 valence electrons. The van der Waals surface area contributed by atoms with Gasteiger partial charge in [0.1, 0.15) is 0 Å². The van der Waals surface area contributed by atoms with Crippen molar-refractivity contribution in [3.63, 3.8) is 0 Å². The van der Waals surface area contributed by atoms with Gasteiger partial charge in [0.15, 0.2) is 0 Å². The van der Waals surface area contributed by atoms with Gasteiger partial charge in [-0.2, -0.15) is 0 Å². The first-order chi connectivity index (χ1) is 6.74. The summed E-state index contributed by atoms with van der Waals surface area (Å²) in [5, 5.41) is 0. The molecule has 0 amide bonds. The first-order valence-electron chi connectivity index (χ1n) is 6.22. The fourth-order valence-electron chi connectivity index (χ4n) is 3.11.